The third kappa shape index (κ3) is 2.69. The second-order valence-electron chi connectivity index (χ2n) is 4.62. The molecule has 2 fully saturated rings. The third-order valence-corrected chi connectivity index (χ3v) is 3.56. The van der Waals surface area contributed by atoms with Crippen LogP contribution < -0.4 is 5.32 Å². The first-order valence-corrected chi connectivity index (χ1v) is 5.99. The Hall–Kier alpha value is -0.610. The molecule has 2 heterocycles. The maximum Gasteiger partial charge on any atom is 0.237 e. The van der Waals surface area contributed by atoms with Gasteiger partial charge in [0.05, 0.1) is 0 Å². The van der Waals surface area contributed by atoms with Crippen LogP contribution in [0.4, 0.5) is 0 Å². The molecule has 1 unspecified atom stereocenters. The summed E-state index contributed by atoms with van der Waals surface area (Å²) in [4.78, 5) is 11.3. The Kier molecular flexibility index (Phi) is 3.59. The van der Waals surface area contributed by atoms with Gasteiger partial charge in [0.1, 0.15) is 0 Å². The predicted molar refractivity (Wildman–Crippen MR) is 59.2 cm³/mol. The van der Waals surface area contributed by atoms with Crippen LogP contribution in [0.1, 0.15) is 25.7 Å². The maximum atomic E-state index is 11.3. The molecule has 0 aliphatic carbocycles. The fourth-order valence-corrected chi connectivity index (χ4v) is 2.46. The number of amides is 1. The quantitative estimate of drug-likeness (QED) is 0.736. The molecule has 0 spiro atoms. The van der Waals surface area contributed by atoms with Crippen molar-refractivity contribution in [1.29, 1.82) is 0 Å². The number of rotatable bonds is 3. The average molecular weight is 211 g/mol. The summed E-state index contributed by atoms with van der Waals surface area (Å²) in [6.07, 6.45) is 4.56. The smallest absolute Gasteiger partial charge is 0.237 e. The number of carbonyl (C=O) groups excluding carboxylic acids is 1. The lowest BCUT2D eigenvalue weighted by Crippen LogP contribution is -2.38. The molecule has 1 atom stereocenters. The number of hydrogen-bond donors (Lipinski definition) is 1. The van der Waals surface area contributed by atoms with Gasteiger partial charge >= 0.3 is 0 Å². The molecule has 4 nitrogen and oxygen atoms in total. The zero-order valence-corrected chi connectivity index (χ0v) is 9.54. The normalized spacial score (nSPS) is 28.7. The van der Waals surface area contributed by atoms with Crippen molar-refractivity contribution in [1.82, 2.24) is 15.3 Å². The fourth-order valence-electron chi connectivity index (χ4n) is 2.46. The first-order chi connectivity index (χ1) is 7.27. The highest BCUT2D eigenvalue weighted by Gasteiger charge is 2.25. The van der Waals surface area contributed by atoms with E-state index in [0.29, 0.717) is 6.42 Å². The van der Waals surface area contributed by atoms with Crippen molar-refractivity contribution in [2.45, 2.75) is 25.7 Å². The highest BCUT2D eigenvalue weighted by Crippen LogP contribution is 2.17. The Labute approximate surface area is 91.6 Å². The van der Waals surface area contributed by atoms with Gasteiger partial charge in [-0.1, -0.05) is 0 Å². The van der Waals surface area contributed by atoms with Crippen LogP contribution in [0.2, 0.25) is 0 Å². The van der Waals surface area contributed by atoms with Gasteiger partial charge in [-0.05, 0) is 38.3 Å². The Morgan fingerprint density at radius 3 is 3.00 bits per heavy atom. The van der Waals surface area contributed by atoms with Crippen molar-refractivity contribution in [3.05, 3.63) is 0 Å². The van der Waals surface area contributed by atoms with Gasteiger partial charge < -0.3 is 5.32 Å². The molecule has 0 saturated carbocycles. The van der Waals surface area contributed by atoms with Crippen LogP contribution >= 0.6 is 0 Å². The minimum Gasteiger partial charge on any atom is -0.316 e. The maximum absolute atomic E-state index is 11.3. The second kappa shape index (κ2) is 4.94. The highest BCUT2D eigenvalue weighted by atomic mass is 16.2. The Balaban J connectivity index is 1.71. The minimum atomic E-state index is 0.261. The number of nitrogens with zero attached hydrogens (tertiary/aromatic N) is 2. The lowest BCUT2D eigenvalue weighted by Gasteiger charge is -2.28. The van der Waals surface area contributed by atoms with E-state index in [-0.39, 0.29) is 5.91 Å². The van der Waals surface area contributed by atoms with Crippen LogP contribution in [0.25, 0.3) is 0 Å². The van der Waals surface area contributed by atoms with E-state index >= 15 is 0 Å². The highest BCUT2D eigenvalue weighted by molar-refractivity contribution is 5.77. The summed E-state index contributed by atoms with van der Waals surface area (Å²) in [6, 6.07) is 0. The van der Waals surface area contributed by atoms with Crippen LogP contribution in [0, 0.1) is 5.92 Å². The molecule has 15 heavy (non-hydrogen) atoms. The molecule has 1 N–H and O–H groups in total. The van der Waals surface area contributed by atoms with Gasteiger partial charge in [-0.2, -0.15) is 0 Å². The molecule has 0 aromatic carbocycles. The summed E-state index contributed by atoms with van der Waals surface area (Å²) in [7, 11) is 1.88. The van der Waals surface area contributed by atoms with E-state index in [9.17, 15) is 4.79 Å². The van der Waals surface area contributed by atoms with Crippen molar-refractivity contribution in [2.75, 3.05) is 33.2 Å². The standard InChI is InChI=1S/C11H21N3O/c1-13-11(15)5-8-14(13)7-4-10-3-2-6-12-9-10/h10,12H,2-9H2,1H3. The molecule has 0 aromatic rings. The van der Waals surface area contributed by atoms with Crippen molar-refractivity contribution in [2.24, 2.45) is 5.92 Å². The Morgan fingerprint density at radius 1 is 1.53 bits per heavy atom. The molecule has 2 rings (SSSR count). The summed E-state index contributed by atoms with van der Waals surface area (Å²) < 4.78 is 0. The number of nitrogens with one attached hydrogen (secondary N) is 1. The molecule has 2 aliphatic rings. The molecule has 0 radical (unpaired) electrons. The monoisotopic (exact) mass is 211 g/mol. The zero-order valence-electron chi connectivity index (χ0n) is 9.54. The first-order valence-electron chi connectivity index (χ1n) is 5.99. The third-order valence-electron chi connectivity index (χ3n) is 3.56. The van der Waals surface area contributed by atoms with Crippen molar-refractivity contribution < 1.29 is 4.79 Å². The van der Waals surface area contributed by atoms with E-state index < -0.39 is 0 Å². The molecule has 1 amide bonds. The number of piperidine rings is 1. The molecule has 2 saturated heterocycles. The summed E-state index contributed by atoms with van der Waals surface area (Å²) in [6.45, 7) is 4.29. The molecule has 86 valence electrons. The van der Waals surface area contributed by atoms with Crippen LogP contribution in [-0.2, 0) is 4.79 Å². The molecule has 0 aromatic heterocycles. The average Bonchev–Trinajstić information content (AvgIpc) is 2.59. The fraction of sp³-hybridized carbons (Fsp3) is 0.909. The van der Waals surface area contributed by atoms with Crippen LogP contribution in [0.15, 0.2) is 0 Å². The Morgan fingerprint density at radius 2 is 2.40 bits per heavy atom. The molecular formula is C11H21N3O. The predicted octanol–water partition coefficient (Wildman–Crippen LogP) is 0.455. The van der Waals surface area contributed by atoms with E-state index in [2.05, 4.69) is 10.3 Å². The molecule has 4 heteroatoms. The number of hydrogen-bond acceptors (Lipinski definition) is 3. The van der Waals surface area contributed by atoms with Gasteiger partial charge in [0.15, 0.2) is 0 Å². The van der Waals surface area contributed by atoms with E-state index in [1.165, 1.54) is 25.8 Å². The lowest BCUT2D eigenvalue weighted by atomic mass is 9.96. The largest absolute Gasteiger partial charge is 0.316 e. The van der Waals surface area contributed by atoms with E-state index in [1.54, 1.807) is 5.01 Å². The van der Waals surface area contributed by atoms with Crippen LogP contribution in [0.5, 0.6) is 0 Å². The Bertz CT molecular complexity index is 226. The lowest BCUT2D eigenvalue weighted by molar-refractivity contribution is -0.135. The van der Waals surface area contributed by atoms with Gasteiger partial charge in [0.25, 0.3) is 0 Å². The number of hydrazine groups is 1. The van der Waals surface area contributed by atoms with Gasteiger partial charge in [0.2, 0.25) is 5.91 Å². The number of carbonyl (C=O) groups is 1. The van der Waals surface area contributed by atoms with Crippen molar-refractivity contribution in [3.8, 4) is 0 Å². The van der Waals surface area contributed by atoms with Gasteiger partial charge in [-0.25, -0.2) is 5.01 Å². The minimum absolute atomic E-state index is 0.261. The topological polar surface area (TPSA) is 35.6 Å². The zero-order chi connectivity index (χ0) is 10.7. The first kappa shape index (κ1) is 10.9. The van der Waals surface area contributed by atoms with Gasteiger partial charge in [0, 0.05) is 26.6 Å². The van der Waals surface area contributed by atoms with E-state index in [0.717, 1.165) is 25.6 Å². The summed E-state index contributed by atoms with van der Waals surface area (Å²) >= 11 is 0. The SMILES string of the molecule is CN1C(=O)CCN1CCC1CCCNC1. The summed E-state index contributed by atoms with van der Waals surface area (Å²) in [5, 5.41) is 7.40. The van der Waals surface area contributed by atoms with Gasteiger partial charge in [-0.15, -0.1) is 0 Å². The van der Waals surface area contributed by atoms with Crippen LogP contribution in [0.3, 0.4) is 0 Å². The van der Waals surface area contributed by atoms with Crippen molar-refractivity contribution in [3.63, 3.8) is 0 Å². The van der Waals surface area contributed by atoms with Crippen molar-refractivity contribution >= 4 is 5.91 Å². The van der Waals surface area contributed by atoms with E-state index in [1.807, 2.05) is 7.05 Å². The summed E-state index contributed by atoms with van der Waals surface area (Å²) in [5.41, 5.74) is 0. The molecular weight excluding hydrogens is 190 g/mol. The summed E-state index contributed by atoms with van der Waals surface area (Å²) in [5.74, 6) is 1.07. The molecule has 2 aliphatic heterocycles. The van der Waals surface area contributed by atoms with E-state index in [4.69, 9.17) is 0 Å². The second-order valence-corrected chi connectivity index (χ2v) is 4.62. The molecule has 0 bridgehead atoms. The van der Waals surface area contributed by atoms with Gasteiger partial charge in [-0.3, -0.25) is 9.80 Å². The van der Waals surface area contributed by atoms with Crippen LogP contribution in [-0.4, -0.2) is 49.2 Å².